The number of nitro groups is 1. The van der Waals surface area contributed by atoms with Crippen LogP contribution in [-0.4, -0.2) is 16.6 Å². The topological polar surface area (TPSA) is 81.8 Å². The molecule has 1 N–H and O–H groups in total. The number of nitrogens with zero attached hydrogens (tertiary/aromatic N) is 1. The summed E-state index contributed by atoms with van der Waals surface area (Å²) in [5, 5.41) is 20.1. The number of benzene rings is 2. The van der Waals surface area contributed by atoms with E-state index in [-0.39, 0.29) is 18.9 Å². The molecule has 2 rings (SSSR count). The maximum Gasteiger partial charge on any atom is 0.269 e. The van der Waals surface area contributed by atoms with Crippen molar-refractivity contribution in [3.05, 3.63) is 75.9 Å². The summed E-state index contributed by atoms with van der Waals surface area (Å²) >= 11 is 0. The van der Waals surface area contributed by atoms with Crippen molar-refractivity contribution >= 4 is 5.69 Å². The van der Waals surface area contributed by atoms with Gasteiger partial charge in [-0.15, -0.1) is 6.58 Å². The fraction of sp³-hybridized carbons (Fsp3) is 0.263. The Labute approximate surface area is 146 Å². The van der Waals surface area contributed by atoms with Crippen LogP contribution in [0.4, 0.5) is 5.69 Å². The van der Waals surface area contributed by atoms with Gasteiger partial charge in [-0.1, -0.05) is 6.08 Å². The number of aliphatic hydroxyl groups excluding tert-OH is 1. The van der Waals surface area contributed by atoms with E-state index in [2.05, 4.69) is 6.58 Å². The quantitative estimate of drug-likeness (QED) is 0.425. The monoisotopic (exact) mass is 343 g/mol. The van der Waals surface area contributed by atoms with E-state index in [1.807, 2.05) is 13.0 Å². The van der Waals surface area contributed by atoms with E-state index < -0.39 is 4.92 Å². The molecule has 2 aromatic rings. The van der Waals surface area contributed by atoms with Crippen LogP contribution in [-0.2, 0) is 19.6 Å². The third kappa shape index (κ3) is 4.81. The molecule has 0 unspecified atom stereocenters. The highest BCUT2D eigenvalue weighted by Crippen LogP contribution is 2.34. The summed E-state index contributed by atoms with van der Waals surface area (Å²) in [6, 6.07) is 9.82. The van der Waals surface area contributed by atoms with E-state index >= 15 is 0 Å². The minimum absolute atomic E-state index is 0.0402. The second-order valence-corrected chi connectivity index (χ2v) is 5.38. The lowest BCUT2D eigenvalue weighted by Crippen LogP contribution is -2.04. The van der Waals surface area contributed by atoms with Crippen LogP contribution in [0.3, 0.4) is 0 Å². The molecule has 25 heavy (non-hydrogen) atoms. The summed E-state index contributed by atoms with van der Waals surface area (Å²) in [7, 11) is 0. The Morgan fingerprint density at radius 3 is 2.48 bits per heavy atom. The summed E-state index contributed by atoms with van der Waals surface area (Å²) in [5.74, 6) is 1.16. The molecule has 0 aliphatic carbocycles. The smallest absolute Gasteiger partial charge is 0.269 e. The molecule has 0 saturated carbocycles. The first-order valence-electron chi connectivity index (χ1n) is 7.95. The van der Waals surface area contributed by atoms with Gasteiger partial charge in [-0.3, -0.25) is 10.1 Å². The SMILES string of the molecule is C=CCc1cc(CO)cc(OCC)c1OCc1ccc([N+](=O)[O-])cc1. The zero-order valence-corrected chi connectivity index (χ0v) is 14.1. The molecular weight excluding hydrogens is 322 g/mol. The Balaban J connectivity index is 2.26. The van der Waals surface area contributed by atoms with E-state index in [9.17, 15) is 15.2 Å². The van der Waals surface area contributed by atoms with Crippen molar-refractivity contribution in [3.63, 3.8) is 0 Å². The van der Waals surface area contributed by atoms with E-state index in [4.69, 9.17) is 9.47 Å². The first-order valence-corrected chi connectivity index (χ1v) is 7.95. The lowest BCUT2D eigenvalue weighted by atomic mass is 10.1. The number of hydrogen-bond donors (Lipinski definition) is 1. The average molecular weight is 343 g/mol. The maximum absolute atomic E-state index is 10.7. The van der Waals surface area contributed by atoms with E-state index in [0.29, 0.717) is 24.5 Å². The van der Waals surface area contributed by atoms with Crippen molar-refractivity contribution in [3.8, 4) is 11.5 Å². The molecule has 6 heteroatoms. The van der Waals surface area contributed by atoms with Crippen LogP contribution in [0, 0.1) is 10.1 Å². The van der Waals surface area contributed by atoms with Crippen molar-refractivity contribution in [2.45, 2.75) is 26.6 Å². The number of rotatable bonds is 9. The molecule has 0 fully saturated rings. The number of aliphatic hydroxyl groups is 1. The Morgan fingerprint density at radius 2 is 1.92 bits per heavy atom. The number of allylic oxidation sites excluding steroid dienone is 1. The van der Waals surface area contributed by atoms with Gasteiger partial charge in [-0.05, 0) is 48.7 Å². The van der Waals surface area contributed by atoms with E-state index in [1.54, 1.807) is 24.3 Å². The highest BCUT2D eigenvalue weighted by Gasteiger charge is 2.14. The fourth-order valence-electron chi connectivity index (χ4n) is 2.42. The van der Waals surface area contributed by atoms with Gasteiger partial charge in [0.1, 0.15) is 6.61 Å². The molecule has 0 spiro atoms. The van der Waals surface area contributed by atoms with Gasteiger partial charge in [0.2, 0.25) is 0 Å². The molecule has 0 heterocycles. The van der Waals surface area contributed by atoms with Gasteiger partial charge in [0.25, 0.3) is 5.69 Å². The third-order valence-corrected chi connectivity index (χ3v) is 3.57. The summed E-state index contributed by atoms with van der Waals surface area (Å²) < 4.78 is 11.6. The molecular formula is C19H21NO5. The molecule has 0 amide bonds. The standard InChI is InChI=1S/C19H21NO5/c1-3-5-16-10-15(12-21)11-18(24-4-2)19(16)25-13-14-6-8-17(9-7-14)20(22)23/h3,6-11,21H,1,4-5,12-13H2,2H3. The predicted molar refractivity (Wildman–Crippen MR) is 94.9 cm³/mol. The first-order chi connectivity index (χ1) is 12.1. The van der Waals surface area contributed by atoms with Crippen molar-refractivity contribution in [2.75, 3.05) is 6.61 Å². The molecule has 0 aliphatic heterocycles. The summed E-state index contributed by atoms with van der Waals surface area (Å²) in [6.45, 7) is 6.25. The largest absolute Gasteiger partial charge is 0.490 e. The van der Waals surface area contributed by atoms with Gasteiger partial charge in [0, 0.05) is 17.7 Å². The molecule has 0 aliphatic rings. The third-order valence-electron chi connectivity index (χ3n) is 3.57. The first kappa shape index (κ1) is 18.5. The van der Waals surface area contributed by atoms with Crippen LogP contribution in [0.2, 0.25) is 0 Å². The van der Waals surface area contributed by atoms with Crippen LogP contribution >= 0.6 is 0 Å². The second-order valence-electron chi connectivity index (χ2n) is 5.38. The normalized spacial score (nSPS) is 10.3. The Hall–Kier alpha value is -2.86. The molecule has 132 valence electrons. The number of non-ortho nitro benzene ring substituents is 1. The van der Waals surface area contributed by atoms with E-state index in [1.165, 1.54) is 12.1 Å². The van der Waals surface area contributed by atoms with Crippen molar-refractivity contribution in [1.29, 1.82) is 0 Å². The maximum atomic E-state index is 10.7. The fourth-order valence-corrected chi connectivity index (χ4v) is 2.42. The summed E-state index contributed by atoms with van der Waals surface area (Å²) in [5.41, 5.74) is 2.46. The molecule has 2 aromatic carbocycles. The van der Waals surface area contributed by atoms with Gasteiger partial charge < -0.3 is 14.6 Å². The number of ether oxygens (including phenoxy) is 2. The second kappa shape index (κ2) is 8.84. The minimum Gasteiger partial charge on any atom is -0.490 e. The molecule has 6 nitrogen and oxygen atoms in total. The Kier molecular flexibility index (Phi) is 6.54. The Bertz CT molecular complexity index is 740. The highest BCUT2D eigenvalue weighted by atomic mass is 16.6. The van der Waals surface area contributed by atoms with Gasteiger partial charge in [0.15, 0.2) is 11.5 Å². The molecule has 0 radical (unpaired) electrons. The van der Waals surface area contributed by atoms with Crippen LogP contribution < -0.4 is 9.47 Å². The van der Waals surface area contributed by atoms with Gasteiger partial charge in [0.05, 0.1) is 18.1 Å². The Morgan fingerprint density at radius 1 is 1.20 bits per heavy atom. The predicted octanol–water partition coefficient (Wildman–Crippen LogP) is 3.79. The van der Waals surface area contributed by atoms with Crippen LogP contribution in [0.15, 0.2) is 49.1 Å². The lowest BCUT2D eigenvalue weighted by molar-refractivity contribution is -0.384. The zero-order chi connectivity index (χ0) is 18.2. The van der Waals surface area contributed by atoms with Crippen LogP contribution in [0.25, 0.3) is 0 Å². The highest BCUT2D eigenvalue weighted by molar-refractivity contribution is 5.50. The zero-order valence-electron chi connectivity index (χ0n) is 14.1. The summed E-state index contributed by atoms with van der Waals surface area (Å²) in [6.07, 6.45) is 2.33. The van der Waals surface area contributed by atoms with Gasteiger partial charge >= 0.3 is 0 Å². The average Bonchev–Trinajstić information content (AvgIpc) is 2.61. The van der Waals surface area contributed by atoms with Crippen molar-refractivity contribution in [1.82, 2.24) is 0 Å². The van der Waals surface area contributed by atoms with Crippen molar-refractivity contribution in [2.24, 2.45) is 0 Å². The molecule has 0 bridgehead atoms. The van der Waals surface area contributed by atoms with Gasteiger partial charge in [-0.2, -0.15) is 0 Å². The van der Waals surface area contributed by atoms with Crippen LogP contribution in [0.1, 0.15) is 23.6 Å². The van der Waals surface area contributed by atoms with E-state index in [0.717, 1.165) is 16.7 Å². The molecule has 0 aromatic heterocycles. The van der Waals surface area contributed by atoms with Gasteiger partial charge in [-0.25, -0.2) is 0 Å². The molecule has 0 atom stereocenters. The minimum atomic E-state index is -0.437. The van der Waals surface area contributed by atoms with Crippen molar-refractivity contribution < 1.29 is 19.5 Å². The summed E-state index contributed by atoms with van der Waals surface area (Å²) in [4.78, 5) is 10.3. The molecule has 0 saturated heterocycles. The lowest BCUT2D eigenvalue weighted by Gasteiger charge is -2.17. The number of nitro benzene ring substituents is 1. The number of hydrogen-bond acceptors (Lipinski definition) is 5. The van der Waals surface area contributed by atoms with Crippen LogP contribution in [0.5, 0.6) is 11.5 Å².